The highest BCUT2D eigenvalue weighted by atomic mass is 79.9. The minimum atomic E-state index is -4.11. The van der Waals surface area contributed by atoms with Gasteiger partial charge in [-0.05, 0) is 31.2 Å². The Morgan fingerprint density at radius 2 is 1.50 bits per heavy atom. The molecule has 0 aliphatic rings. The quantitative estimate of drug-likeness (QED) is 0.695. The molecule has 6 heteroatoms. The van der Waals surface area contributed by atoms with Gasteiger partial charge in [-0.1, -0.05) is 33.6 Å². The third kappa shape index (κ3) is 3.12. The number of alkyl halides is 2. The molecule has 0 aromatic heterocycles. The maximum Gasteiger partial charge on any atom is 0.432 e. The number of ether oxygens (including phenoxy) is 1. The van der Waals surface area contributed by atoms with Crippen LogP contribution < -0.4 is 4.74 Å². The van der Waals surface area contributed by atoms with Crippen LogP contribution in [0.1, 0.15) is 11.1 Å². The third-order valence-corrected chi connectivity index (χ3v) is 3.02. The number of hydrogen-bond donors (Lipinski definition) is 0. The molecule has 0 aliphatic heterocycles. The van der Waals surface area contributed by atoms with Crippen LogP contribution in [0.15, 0.2) is 40.9 Å². The van der Waals surface area contributed by atoms with Gasteiger partial charge < -0.3 is 4.74 Å². The summed E-state index contributed by atoms with van der Waals surface area (Å²) in [5, 5.41) is 0. The SMILES string of the molecule is Cc1ccc(OC(F)(F)c2c(F)cc(Br)cc2F)cc1. The van der Waals surface area contributed by atoms with Gasteiger partial charge in [0.15, 0.2) is 0 Å². The maximum absolute atomic E-state index is 13.9. The molecule has 0 amide bonds. The van der Waals surface area contributed by atoms with E-state index in [1.807, 2.05) is 0 Å². The van der Waals surface area contributed by atoms with E-state index in [-0.39, 0.29) is 10.2 Å². The van der Waals surface area contributed by atoms with Crippen LogP contribution in [-0.2, 0) is 6.11 Å². The van der Waals surface area contributed by atoms with Crippen molar-refractivity contribution in [3.63, 3.8) is 0 Å². The maximum atomic E-state index is 13.9. The fourth-order valence-electron chi connectivity index (χ4n) is 1.63. The molecule has 2 aromatic rings. The van der Waals surface area contributed by atoms with Crippen molar-refractivity contribution >= 4 is 15.9 Å². The zero-order valence-electron chi connectivity index (χ0n) is 10.3. The highest BCUT2D eigenvalue weighted by Crippen LogP contribution is 2.36. The first-order valence-corrected chi connectivity index (χ1v) is 6.37. The first kappa shape index (κ1) is 14.8. The van der Waals surface area contributed by atoms with Gasteiger partial charge in [0.25, 0.3) is 0 Å². The van der Waals surface area contributed by atoms with Crippen molar-refractivity contribution in [2.45, 2.75) is 13.0 Å². The lowest BCUT2D eigenvalue weighted by atomic mass is 10.2. The normalized spacial score (nSPS) is 11.5. The molecule has 0 spiro atoms. The molecule has 2 rings (SSSR count). The smallest absolute Gasteiger partial charge is 0.429 e. The molecule has 0 bridgehead atoms. The van der Waals surface area contributed by atoms with Crippen LogP contribution in [0.5, 0.6) is 5.75 Å². The van der Waals surface area contributed by atoms with E-state index >= 15 is 0 Å². The Kier molecular flexibility index (Phi) is 4.04. The van der Waals surface area contributed by atoms with E-state index in [2.05, 4.69) is 20.7 Å². The van der Waals surface area contributed by atoms with Gasteiger partial charge in [0.2, 0.25) is 0 Å². The van der Waals surface area contributed by atoms with Crippen LogP contribution in [0.3, 0.4) is 0 Å². The Bertz CT molecular complexity index is 603. The van der Waals surface area contributed by atoms with Crippen LogP contribution in [0.4, 0.5) is 17.6 Å². The standard InChI is InChI=1S/C14H9BrF4O/c1-8-2-4-10(5-3-8)20-14(18,19)13-11(16)6-9(15)7-12(13)17/h2-7H,1H3. The largest absolute Gasteiger partial charge is 0.432 e. The molecule has 0 saturated heterocycles. The van der Waals surface area contributed by atoms with E-state index in [1.54, 1.807) is 19.1 Å². The van der Waals surface area contributed by atoms with E-state index in [0.717, 1.165) is 17.7 Å². The van der Waals surface area contributed by atoms with Crippen LogP contribution >= 0.6 is 15.9 Å². The summed E-state index contributed by atoms with van der Waals surface area (Å²) in [4.78, 5) is 0. The van der Waals surface area contributed by atoms with Gasteiger partial charge in [0.05, 0.1) is 0 Å². The number of rotatable bonds is 3. The fraction of sp³-hybridized carbons (Fsp3) is 0.143. The second-order valence-electron chi connectivity index (χ2n) is 4.18. The van der Waals surface area contributed by atoms with Crippen molar-refractivity contribution in [2.75, 3.05) is 0 Å². The number of aryl methyl sites for hydroxylation is 1. The summed E-state index contributed by atoms with van der Waals surface area (Å²) in [5.74, 6) is -2.94. The zero-order valence-corrected chi connectivity index (χ0v) is 11.8. The lowest BCUT2D eigenvalue weighted by molar-refractivity contribution is -0.189. The van der Waals surface area contributed by atoms with Crippen molar-refractivity contribution < 1.29 is 22.3 Å². The Labute approximate surface area is 121 Å². The summed E-state index contributed by atoms with van der Waals surface area (Å²) in [7, 11) is 0. The van der Waals surface area contributed by atoms with Crippen molar-refractivity contribution in [1.29, 1.82) is 0 Å². The predicted molar refractivity (Wildman–Crippen MR) is 69.8 cm³/mol. The van der Waals surface area contributed by atoms with Crippen molar-refractivity contribution in [2.24, 2.45) is 0 Å². The summed E-state index contributed by atoms with van der Waals surface area (Å²) in [6.45, 7) is 1.77. The molecule has 0 N–H and O–H groups in total. The summed E-state index contributed by atoms with van der Waals surface area (Å²) < 4.78 is 59.3. The van der Waals surface area contributed by atoms with E-state index in [9.17, 15) is 17.6 Å². The average Bonchev–Trinajstić information content (AvgIpc) is 2.30. The molecule has 0 unspecified atom stereocenters. The highest BCUT2D eigenvalue weighted by Gasteiger charge is 2.41. The molecular formula is C14H9BrF4O. The second kappa shape index (κ2) is 5.44. The van der Waals surface area contributed by atoms with Gasteiger partial charge in [-0.2, -0.15) is 8.78 Å². The molecule has 0 atom stereocenters. The number of benzene rings is 2. The van der Waals surface area contributed by atoms with Gasteiger partial charge in [0.1, 0.15) is 22.9 Å². The Balaban J connectivity index is 2.37. The van der Waals surface area contributed by atoms with E-state index in [4.69, 9.17) is 0 Å². The Hall–Kier alpha value is -1.56. The fourth-order valence-corrected chi connectivity index (χ4v) is 2.03. The van der Waals surface area contributed by atoms with Crippen LogP contribution in [0, 0.1) is 18.6 Å². The number of halogens is 5. The molecule has 1 nitrogen and oxygen atoms in total. The lowest BCUT2D eigenvalue weighted by Gasteiger charge is -2.19. The van der Waals surface area contributed by atoms with Gasteiger partial charge in [0, 0.05) is 4.47 Å². The zero-order chi connectivity index (χ0) is 14.9. The van der Waals surface area contributed by atoms with Crippen molar-refractivity contribution in [3.8, 4) is 5.75 Å². The van der Waals surface area contributed by atoms with Gasteiger partial charge in [-0.3, -0.25) is 0 Å². The minimum Gasteiger partial charge on any atom is -0.429 e. The monoisotopic (exact) mass is 348 g/mol. The van der Waals surface area contributed by atoms with Crippen molar-refractivity contribution in [3.05, 3.63) is 63.6 Å². The topological polar surface area (TPSA) is 9.23 Å². The molecule has 0 radical (unpaired) electrons. The molecule has 2 aromatic carbocycles. The predicted octanol–water partition coefficient (Wildman–Crippen LogP) is 5.16. The van der Waals surface area contributed by atoms with Gasteiger partial charge in [-0.25, -0.2) is 8.78 Å². The summed E-state index contributed by atoms with van der Waals surface area (Å²) in [6, 6.07) is 7.23. The Morgan fingerprint density at radius 3 is 2.00 bits per heavy atom. The molecular weight excluding hydrogens is 340 g/mol. The summed E-state index contributed by atoms with van der Waals surface area (Å²) in [6.07, 6.45) is -4.11. The molecule has 0 saturated carbocycles. The number of hydrogen-bond acceptors (Lipinski definition) is 1. The summed E-state index contributed by atoms with van der Waals surface area (Å²) >= 11 is 2.82. The van der Waals surface area contributed by atoms with E-state index in [1.165, 1.54) is 12.1 Å². The molecule has 0 heterocycles. The van der Waals surface area contributed by atoms with Gasteiger partial charge in [-0.15, -0.1) is 0 Å². The third-order valence-electron chi connectivity index (χ3n) is 2.56. The molecule has 20 heavy (non-hydrogen) atoms. The average molecular weight is 349 g/mol. The van der Waals surface area contributed by atoms with Gasteiger partial charge >= 0.3 is 6.11 Å². The van der Waals surface area contributed by atoms with Crippen LogP contribution in [0.2, 0.25) is 0 Å². The second-order valence-corrected chi connectivity index (χ2v) is 5.09. The van der Waals surface area contributed by atoms with E-state index in [0.29, 0.717) is 0 Å². The van der Waals surface area contributed by atoms with Crippen LogP contribution in [-0.4, -0.2) is 0 Å². The van der Waals surface area contributed by atoms with Crippen molar-refractivity contribution in [1.82, 2.24) is 0 Å². The molecule has 0 aliphatic carbocycles. The molecule has 106 valence electrons. The molecule has 0 fully saturated rings. The summed E-state index contributed by atoms with van der Waals surface area (Å²) in [5.41, 5.74) is -0.567. The first-order valence-electron chi connectivity index (χ1n) is 5.58. The first-order chi connectivity index (χ1) is 9.29. The van der Waals surface area contributed by atoms with Crippen LogP contribution in [0.25, 0.3) is 0 Å². The lowest BCUT2D eigenvalue weighted by Crippen LogP contribution is -2.25. The van der Waals surface area contributed by atoms with E-state index < -0.39 is 23.3 Å². The highest BCUT2D eigenvalue weighted by molar-refractivity contribution is 9.10. The Morgan fingerprint density at radius 1 is 1.00 bits per heavy atom. The minimum absolute atomic E-state index is 0.0300.